The van der Waals surface area contributed by atoms with Crippen LogP contribution in [-0.2, 0) is 14.8 Å². The summed E-state index contributed by atoms with van der Waals surface area (Å²) in [7, 11) is -0.962. The van der Waals surface area contributed by atoms with Crippen molar-refractivity contribution in [2.24, 2.45) is 0 Å². The molecule has 0 fully saturated rings. The number of Topliss-reactive ketones (excluding diaryl/α,β-unsaturated/α-hetero) is 1. The van der Waals surface area contributed by atoms with Crippen LogP contribution in [0.4, 0.5) is 5.69 Å². The highest BCUT2D eigenvalue weighted by atomic mass is 32.2. The van der Waals surface area contributed by atoms with Crippen LogP contribution in [0.1, 0.15) is 20.7 Å². The molecule has 0 saturated heterocycles. The van der Waals surface area contributed by atoms with Gasteiger partial charge in [-0.2, -0.15) is 0 Å². The summed E-state index contributed by atoms with van der Waals surface area (Å²) < 4.78 is 43.0. The van der Waals surface area contributed by atoms with Crippen LogP contribution < -0.4 is 14.2 Å². The highest BCUT2D eigenvalue weighted by Crippen LogP contribution is 2.20. The van der Waals surface area contributed by atoms with E-state index in [1.54, 1.807) is 42.5 Å². The highest BCUT2D eigenvalue weighted by Gasteiger charge is 2.18. The molecule has 3 aromatic rings. The maximum Gasteiger partial charge on any atom is 0.338 e. The molecule has 0 spiro atoms. The number of ketones is 1. The van der Waals surface area contributed by atoms with Gasteiger partial charge in [-0.25, -0.2) is 13.2 Å². The predicted octanol–water partition coefficient (Wildman–Crippen LogP) is 3.54. The van der Waals surface area contributed by atoms with Crippen LogP contribution >= 0.6 is 0 Å². The Bertz CT molecular complexity index is 1220. The van der Waals surface area contributed by atoms with Crippen molar-refractivity contribution in [3.05, 3.63) is 83.9 Å². The van der Waals surface area contributed by atoms with Gasteiger partial charge in [0.2, 0.25) is 0 Å². The number of anilines is 1. The Morgan fingerprint density at radius 3 is 2.16 bits per heavy atom. The minimum absolute atomic E-state index is 0.000971. The van der Waals surface area contributed by atoms with Crippen LogP contribution in [0.5, 0.6) is 11.5 Å². The molecule has 8 nitrogen and oxygen atoms in total. The number of sulfonamides is 1. The fraction of sp³-hybridized carbons (Fsp3) is 0.130. The third-order valence-electron chi connectivity index (χ3n) is 4.45. The number of carbonyl (C=O) groups is 2. The first-order chi connectivity index (χ1) is 15.3. The fourth-order valence-electron chi connectivity index (χ4n) is 2.76. The Morgan fingerprint density at radius 2 is 1.47 bits per heavy atom. The zero-order valence-corrected chi connectivity index (χ0v) is 18.2. The minimum Gasteiger partial charge on any atom is -0.497 e. The number of benzene rings is 3. The lowest BCUT2D eigenvalue weighted by Gasteiger charge is -2.10. The van der Waals surface area contributed by atoms with Gasteiger partial charge in [-0.3, -0.25) is 9.52 Å². The Morgan fingerprint density at radius 1 is 0.812 bits per heavy atom. The van der Waals surface area contributed by atoms with Gasteiger partial charge < -0.3 is 14.2 Å². The van der Waals surface area contributed by atoms with Gasteiger partial charge in [0.15, 0.2) is 12.4 Å². The molecule has 0 unspecified atom stereocenters. The maximum absolute atomic E-state index is 12.7. The van der Waals surface area contributed by atoms with E-state index in [1.165, 1.54) is 44.6 Å². The van der Waals surface area contributed by atoms with Gasteiger partial charge in [0.1, 0.15) is 11.5 Å². The number of nitrogens with one attached hydrogen (secondary N) is 1. The predicted molar refractivity (Wildman–Crippen MR) is 118 cm³/mol. The second-order valence-corrected chi connectivity index (χ2v) is 8.28. The van der Waals surface area contributed by atoms with Gasteiger partial charge in [-0.05, 0) is 54.6 Å². The van der Waals surface area contributed by atoms with Crippen molar-refractivity contribution in [1.82, 2.24) is 0 Å². The molecule has 166 valence electrons. The Balaban J connectivity index is 1.68. The Kier molecular flexibility index (Phi) is 7.11. The van der Waals surface area contributed by atoms with E-state index in [0.29, 0.717) is 22.7 Å². The highest BCUT2D eigenvalue weighted by molar-refractivity contribution is 7.92. The quantitative estimate of drug-likeness (QED) is 0.388. The van der Waals surface area contributed by atoms with Gasteiger partial charge in [-0.1, -0.05) is 18.2 Å². The summed E-state index contributed by atoms with van der Waals surface area (Å²) in [5, 5.41) is 0. The Hall–Kier alpha value is -3.85. The van der Waals surface area contributed by atoms with Crippen molar-refractivity contribution in [3.63, 3.8) is 0 Å². The number of ether oxygens (including phenoxy) is 3. The standard InChI is InChI=1S/C23H21NO7S/c1-29-19-11-9-18(10-12-19)24-32(27,28)21-8-4-6-17(14-21)23(26)31-15-22(25)16-5-3-7-20(13-16)30-2/h3-14,24H,15H2,1-2H3. The third-order valence-corrected chi connectivity index (χ3v) is 5.83. The molecule has 0 aliphatic carbocycles. The second-order valence-electron chi connectivity index (χ2n) is 6.59. The van der Waals surface area contributed by atoms with Crippen LogP contribution in [0.2, 0.25) is 0 Å². The van der Waals surface area contributed by atoms with Crippen LogP contribution in [0.3, 0.4) is 0 Å². The molecule has 0 heterocycles. The first-order valence-corrected chi connectivity index (χ1v) is 10.9. The summed E-state index contributed by atoms with van der Waals surface area (Å²) in [5.74, 6) is -0.143. The normalized spacial score (nSPS) is 10.8. The lowest BCUT2D eigenvalue weighted by atomic mass is 10.1. The first-order valence-electron chi connectivity index (χ1n) is 9.44. The first kappa shape index (κ1) is 22.8. The molecule has 0 saturated carbocycles. The van der Waals surface area contributed by atoms with Crippen molar-refractivity contribution in [3.8, 4) is 11.5 Å². The smallest absolute Gasteiger partial charge is 0.338 e. The van der Waals surface area contributed by atoms with E-state index < -0.39 is 28.4 Å². The molecule has 0 radical (unpaired) electrons. The van der Waals surface area contributed by atoms with Crippen molar-refractivity contribution in [2.75, 3.05) is 25.5 Å². The molecular weight excluding hydrogens is 434 g/mol. The van der Waals surface area contributed by atoms with E-state index in [9.17, 15) is 18.0 Å². The lowest BCUT2D eigenvalue weighted by molar-refractivity contribution is 0.0474. The zero-order chi connectivity index (χ0) is 23.1. The molecule has 1 N–H and O–H groups in total. The number of hydrogen-bond acceptors (Lipinski definition) is 7. The average Bonchev–Trinajstić information content (AvgIpc) is 2.82. The van der Waals surface area contributed by atoms with Gasteiger partial charge in [0, 0.05) is 11.3 Å². The number of hydrogen-bond donors (Lipinski definition) is 1. The molecule has 0 aromatic heterocycles. The summed E-state index contributed by atoms with van der Waals surface area (Å²) in [5.41, 5.74) is 0.667. The van der Waals surface area contributed by atoms with Crippen LogP contribution in [0.15, 0.2) is 77.7 Å². The van der Waals surface area contributed by atoms with E-state index in [-0.39, 0.29) is 10.5 Å². The molecule has 0 aliphatic heterocycles. The number of methoxy groups -OCH3 is 2. The number of rotatable bonds is 9. The van der Waals surface area contributed by atoms with Crippen LogP contribution in [0.25, 0.3) is 0 Å². The average molecular weight is 455 g/mol. The number of carbonyl (C=O) groups excluding carboxylic acids is 2. The molecule has 3 rings (SSSR count). The van der Waals surface area contributed by atoms with Crippen molar-refractivity contribution >= 4 is 27.5 Å². The van der Waals surface area contributed by atoms with Crippen LogP contribution in [-0.4, -0.2) is 41.0 Å². The zero-order valence-electron chi connectivity index (χ0n) is 17.4. The van der Waals surface area contributed by atoms with Gasteiger partial charge in [0.25, 0.3) is 10.0 Å². The van der Waals surface area contributed by atoms with Crippen molar-refractivity contribution < 1.29 is 32.2 Å². The molecular formula is C23H21NO7S. The molecule has 32 heavy (non-hydrogen) atoms. The van der Waals surface area contributed by atoms with E-state index in [4.69, 9.17) is 14.2 Å². The summed E-state index contributed by atoms with van der Waals surface area (Å²) >= 11 is 0. The largest absolute Gasteiger partial charge is 0.497 e. The summed E-state index contributed by atoms with van der Waals surface area (Å²) in [6.45, 7) is -0.493. The van der Waals surface area contributed by atoms with Crippen molar-refractivity contribution in [1.29, 1.82) is 0 Å². The molecule has 9 heteroatoms. The molecule has 3 aromatic carbocycles. The Labute approximate surface area is 185 Å². The maximum atomic E-state index is 12.7. The molecule has 0 bridgehead atoms. The molecule has 0 aliphatic rings. The van der Waals surface area contributed by atoms with Crippen molar-refractivity contribution in [2.45, 2.75) is 4.90 Å². The topological polar surface area (TPSA) is 108 Å². The second kappa shape index (κ2) is 9.97. The summed E-state index contributed by atoms with van der Waals surface area (Å²) in [6, 6.07) is 18.2. The fourth-order valence-corrected chi connectivity index (χ4v) is 3.86. The summed E-state index contributed by atoms with van der Waals surface area (Å²) in [4.78, 5) is 24.5. The van der Waals surface area contributed by atoms with Gasteiger partial charge in [0.05, 0.1) is 24.7 Å². The molecule has 0 amide bonds. The van der Waals surface area contributed by atoms with E-state index in [2.05, 4.69) is 4.72 Å². The lowest BCUT2D eigenvalue weighted by Crippen LogP contribution is -2.16. The minimum atomic E-state index is -3.95. The third kappa shape index (κ3) is 5.64. The van der Waals surface area contributed by atoms with Crippen LogP contribution in [0, 0.1) is 0 Å². The summed E-state index contributed by atoms with van der Waals surface area (Å²) in [6.07, 6.45) is 0. The van der Waals surface area contributed by atoms with Gasteiger partial charge >= 0.3 is 5.97 Å². The molecule has 0 atom stereocenters. The van der Waals surface area contributed by atoms with E-state index in [0.717, 1.165) is 0 Å². The van der Waals surface area contributed by atoms with E-state index in [1.807, 2.05) is 0 Å². The van der Waals surface area contributed by atoms with Gasteiger partial charge in [-0.15, -0.1) is 0 Å². The monoisotopic (exact) mass is 455 g/mol. The SMILES string of the molecule is COc1ccc(NS(=O)(=O)c2cccc(C(=O)OCC(=O)c3cccc(OC)c3)c2)cc1. The number of esters is 1. The van der Waals surface area contributed by atoms with E-state index >= 15 is 0 Å².